The summed E-state index contributed by atoms with van der Waals surface area (Å²) in [6.07, 6.45) is 1.25. The average molecular weight is 337 g/mol. The highest BCUT2D eigenvalue weighted by Gasteiger charge is 2.36. The zero-order chi connectivity index (χ0) is 17.8. The zero-order valence-electron chi connectivity index (χ0n) is 15.5. The number of amides is 1. The largest absolute Gasteiger partial charge is 0.321 e. The van der Waals surface area contributed by atoms with Gasteiger partial charge in [0.25, 0.3) is 5.91 Å². The molecule has 25 heavy (non-hydrogen) atoms. The van der Waals surface area contributed by atoms with E-state index in [1.165, 1.54) is 16.9 Å². The van der Waals surface area contributed by atoms with E-state index >= 15 is 0 Å². The molecule has 3 heteroatoms. The van der Waals surface area contributed by atoms with E-state index in [4.69, 9.17) is 0 Å². The van der Waals surface area contributed by atoms with Gasteiger partial charge in [0.1, 0.15) is 0 Å². The van der Waals surface area contributed by atoms with Crippen molar-refractivity contribution in [3.63, 3.8) is 0 Å². The van der Waals surface area contributed by atoms with Crippen molar-refractivity contribution in [3.8, 4) is 0 Å². The van der Waals surface area contributed by atoms with E-state index in [0.29, 0.717) is 11.8 Å². The molecule has 2 aromatic rings. The Labute approximate surface area is 151 Å². The minimum atomic E-state index is -0.160. The van der Waals surface area contributed by atoms with E-state index < -0.39 is 0 Å². The first-order chi connectivity index (χ1) is 12.0. The van der Waals surface area contributed by atoms with Crippen molar-refractivity contribution < 1.29 is 9.69 Å². The van der Waals surface area contributed by atoms with E-state index in [9.17, 15) is 4.79 Å². The maximum absolute atomic E-state index is 13.2. The highest BCUT2D eigenvalue weighted by atomic mass is 16.2. The van der Waals surface area contributed by atoms with Crippen molar-refractivity contribution in [2.45, 2.75) is 33.2 Å². The van der Waals surface area contributed by atoms with Gasteiger partial charge in [0, 0.05) is 23.1 Å². The number of hydrogen-bond donors (Lipinski definition) is 2. The molecule has 0 aliphatic carbocycles. The molecule has 3 atom stereocenters. The molecule has 1 amide bonds. The number of benzene rings is 2. The van der Waals surface area contributed by atoms with E-state index in [1.807, 2.05) is 42.5 Å². The van der Waals surface area contributed by atoms with Crippen LogP contribution in [0.2, 0.25) is 0 Å². The second-order valence-electron chi connectivity index (χ2n) is 7.71. The molecule has 0 radical (unpaired) electrons. The van der Waals surface area contributed by atoms with Crippen LogP contribution in [0, 0.1) is 18.8 Å². The number of likely N-dealkylation sites (tertiary alicyclic amines) is 1. The molecule has 0 unspecified atom stereocenters. The van der Waals surface area contributed by atoms with Crippen LogP contribution in [0.25, 0.3) is 0 Å². The van der Waals surface area contributed by atoms with Crippen molar-refractivity contribution in [2.75, 3.05) is 18.4 Å². The Morgan fingerprint density at radius 2 is 1.60 bits per heavy atom. The van der Waals surface area contributed by atoms with E-state index in [-0.39, 0.29) is 11.9 Å². The summed E-state index contributed by atoms with van der Waals surface area (Å²) >= 11 is 0. The first kappa shape index (κ1) is 17.7. The normalized spacial score (nSPS) is 24.5. The van der Waals surface area contributed by atoms with Crippen molar-refractivity contribution in [3.05, 3.63) is 65.7 Å². The molecule has 3 nitrogen and oxygen atoms in total. The van der Waals surface area contributed by atoms with Crippen LogP contribution >= 0.6 is 0 Å². The second kappa shape index (κ2) is 7.83. The summed E-state index contributed by atoms with van der Waals surface area (Å²) in [5.41, 5.74) is 3.17. The van der Waals surface area contributed by atoms with Crippen LogP contribution in [0.15, 0.2) is 54.6 Å². The molecule has 0 bridgehead atoms. The molecule has 1 fully saturated rings. The standard InChI is InChI=1S/C22H28N2O/c1-16-9-11-20(12-10-16)23-22(25)21(19-7-5-4-6-8-19)24-14-17(2)13-18(3)15-24/h4-12,17-18,21H,13-15H2,1-3H3,(H,23,25)/p+1/t17-,18-,21-/m0/s1. The molecule has 1 aliphatic rings. The molecular weight excluding hydrogens is 308 g/mol. The van der Waals surface area contributed by atoms with Crippen molar-refractivity contribution in [1.82, 2.24) is 0 Å². The zero-order valence-corrected chi connectivity index (χ0v) is 15.5. The van der Waals surface area contributed by atoms with Crippen molar-refractivity contribution in [1.29, 1.82) is 0 Å². The van der Waals surface area contributed by atoms with Gasteiger partial charge in [-0.1, -0.05) is 61.9 Å². The van der Waals surface area contributed by atoms with Crippen LogP contribution < -0.4 is 10.2 Å². The summed E-state index contributed by atoms with van der Waals surface area (Å²) in [5.74, 6) is 1.39. The number of carbonyl (C=O) groups is 1. The van der Waals surface area contributed by atoms with Gasteiger partial charge in [0.2, 0.25) is 0 Å². The lowest BCUT2D eigenvalue weighted by Crippen LogP contribution is -3.15. The topological polar surface area (TPSA) is 33.5 Å². The van der Waals surface area contributed by atoms with Gasteiger partial charge in [-0.15, -0.1) is 0 Å². The highest BCUT2D eigenvalue weighted by molar-refractivity contribution is 5.94. The summed E-state index contributed by atoms with van der Waals surface area (Å²) in [7, 11) is 0. The van der Waals surface area contributed by atoms with Crippen LogP contribution in [0.3, 0.4) is 0 Å². The molecule has 1 aliphatic heterocycles. The van der Waals surface area contributed by atoms with Crippen LogP contribution in [-0.4, -0.2) is 19.0 Å². The summed E-state index contributed by atoms with van der Waals surface area (Å²) < 4.78 is 0. The number of anilines is 1. The minimum absolute atomic E-state index is 0.0892. The highest BCUT2D eigenvalue weighted by Crippen LogP contribution is 2.18. The molecule has 0 aromatic heterocycles. The van der Waals surface area contributed by atoms with Gasteiger partial charge < -0.3 is 10.2 Å². The second-order valence-corrected chi connectivity index (χ2v) is 7.71. The lowest BCUT2D eigenvalue weighted by molar-refractivity contribution is -0.933. The third-order valence-corrected chi connectivity index (χ3v) is 5.15. The molecule has 2 N–H and O–H groups in total. The Hall–Kier alpha value is -2.13. The van der Waals surface area contributed by atoms with Crippen molar-refractivity contribution >= 4 is 11.6 Å². The fourth-order valence-corrected chi connectivity index (χ4v) is 4.14. The molecule has 1 heterocycles. The Bertz CT molecular complexity index is 686. The molecule has 2 aromatic carbocycles. The van der Waals surface area contributed by atoms with Gasteiger partial charge in [-0.05, 0) is 25.5 Å². The summed E-state index contributed by atoms with van der Waals surface area (Å²) in [4.78, 5) is 14.6. The van der Waals surface area contributed by atoms with E-state index in [2.05, 4.69) is 38.2 Å². The number of piperidine rings is 1. The SMILES string of the molecule is Cc1ccc(NC(=O)[C@H](c2ccccc2)[NH+]2C[C@@H](C)C[C@H](C)C2)cc1. The molecule has 3 rings (SSSR count). The van der Waals surface area contributed by atoms with E-state index in [0.717, 1.165) is 24.3 Å². The monoisotopic (exact) mass is 337 g/mol. The first-order valence-electron chi connectivity index (χ1n) is 9.30. The lowest BCUT2D eigenvalue weighted by Gasteiger charge is -2.36. The smallest absolute Gasteiger partial charge is 0.287 e. The Morgan fingerprint density at radius 1 is 1.00 bits per heavy atom. The quantitative estimate of drug-likeness (QED) is 0.882. The van der Waals surface area contributed by atoms with Gasteiger partial charge >= 0.3 is 0 Å². The number of rotatable bonds is 4. The summed E-state index contributed by atoms with van der Waals surface area (Å²) in [6.45, 7) is 8.75. The molecular formula is C22H29N2O+. The van der Waals surface area contributed by atoms with Crippen LogP contribution in [0.1, 0.15) is 37.4 Å². The number of hydrogen-bond acceptors (Lipinski definition) is 1. The Morgan fingerprint density at radius 3 is 2.20 bits per heavy atom. The van der Waals surface area contributed by atoms with Gasteiger partial charge in [0.15, 0.2) is 6.04 Å². The van der Waals surface area contributed by atoms with Crippen LogP contribution in [0.4, 0.5) is 5.69 Å². The number of nitrogens with one attached hydrogen (secondary N) is 2. The fraction of sp³-hybridized carbons (Fsp3) is 0.409. The third kappa shape index (κ3) is 4.49. The Balaban J connectivity index is 1.85. The molecule has 0 spiro atoms. The molecule has 132 valence electrons. The average Bonchev–Trinajstić information content (AvgIpc) is 2.57. The third-order valence-electron chi connectivity index (χ3n) is 5.15. The minimum Gasteiger partial charge on any atom is -0.321 e. The van der Waals surface area contributed by atoms with Gasteiger partial charge in [-0.25, -0.2) is 0 Å². The predicted molar refractivity (Wildman–Crippen MR) is 103 cm³/mol. The fourth-order valence-electron chi connectivity index (χ4n) is 4.14. The van der Waals surface area contributed by atoms with Crippen LogP contribution in [0.5, 0.6) is 0 Å². The lowest BCUT2D eigenvalue weighted by atomic mass is 9.89. The van der Waals surface area contributed by atoms with Gasteiger partial charge in [-0.2, -0.15) is 0 Å². The summed E-state index contributed by atoms with van der Waals surface area (Å²) in [5, 5.41) is 3.13. The van der Waals surface area contributed by atoms with E-state index in [1.54, 1.807) is 0 Å². The molecule has 1 saturated heterocycles. The maximum atomic E-state index is 13.2. The van der Waals surface area contributed by atoms with Gasteiger partial charge in [0.05, 0.1) is 13.1 Å². The number of carbonyl (C=O) groups excluding carboxylic acids is 1. The first-order valence-corrected chi connectivity index (χ1v) is 9.30. The van der Waals surface area contributed by atoms with Crippen molar-refractivity contribution in [2.24, 2.45) is 11.8 Å². The Kier molecular flexibility index (Phi) is 5.54. The molecule has 0 saturated carbocycles. The van der Waals surface area contributed by atoms with Gasteiger partial charge in [-0.3, -0.25) is 4.79 Å². The van der Waals surface area contributed by atoms with Crippen LogP contribution in [-0.2, 0) is 4.79 Å². The number of quaternary nitrogens is 1. The summed E-state index contributed by atoms with van der Waals surface area (Å²) in [6, 6.07) is 18.1. The predicted octanol–water partition coefficient (Wildman–Crippen LogP) is 3.24. The number of aryl methyl sites for hydroxylation is 1. The maximum Gasteiger partial charge on any atom is 0.287 e.